The van der Waals surface area contributed by atoms with Gasteiger partial charge in [0.05, 0.1) is 27.7 Å². The molecule has 0 amide bonds. The van der Waals surface area contributed by atoms with E-state index >= 15 is 0 Å². The minimum absolute atomic E-state index is 0.0478. The fourth-order valence-corrected chi connectivity index (χ4v) is 8.19. The topological polar surface area (TPSA) is 111 Å². The van der Waals surface area contributed by atoms with Gasteiger partial charge in [0.25, 0.3) is 7.82 Å². The van der Waals surface area contributed by atoms with Crippen LogP contribution in [0.15, 0.2) is 158 Å². The third-order valence-corrected chi connectivity index (χ3v) is 13.0. The van der Waals surface area contributed by atoms with Crippen LogP contribution in [0.3, 0.4) is 0 Å². The van der Waals surface area contributed by atoms with E-state index in [-0.39, 0.29) is 26.1 Å². The lowest BCUT2D eigenvalue weighted by molar-refractivity contribution is -0.870. The van der Waals surface area contributed by atoms with Crippen molar-refractivity contribution in [3.8, 4) is 0 Å². The Hall–Kier alpha value is -4.37. The van der Waals surface area contributed by atoms with Crippen LogP contribution in [-0.4, -0.2) is 70.0 Å². The molecular weight excluding hydrogens is 990 g/mol. The van der Waals surface area contributed by atoms with Crippen LogP contribution < -0.4 is 4.89 Å². The highest BCUT2D eigenvalue weighted by Crippen LogP contribution is 2.38. The number of hydrogen-bond acceptors (Lipinski definition) is 8. The number of hydrogen-bond donors (Lipinski definition) is 0. The van der Waals surface area contributed by atoms with E-state index in [9.17, 15) is 19.0 Å². The molecule has 0 aromatic carbocycles. The van der Waals surface area contributed by atoms with Crippen LogP contribution in [0.1, 0.15) is 206 Å². The Morgan fingerprint density at radius 3 is 1.04 bits per heavy atom. The van der Waals surface area contributed by atoms with E-state index in [1.165, 1.54) is 38.5 Å². The Bertz CT molecular complexity index is 1870. The molecule has 0 aliphatic heterocycles. The molecular formula is C68H110NO8P. The Morgan fingerprint density at radius 2 is 0.692 bits per heavy atom. The number of unbranched alkanes of at least 4 members (excludes halogenated alkanes) is 13. The predicted octanol–water partition coefficient (Wildman–Crippen LogP) is 18.6. The van der Waals surface area contributed by atoms with Crippen molar-refractivity contribution >= 4 is 19.8 Å². The van der Waals surface area contributed by atoms with E-state index in [4.69, 9.17) is 18.5 Å². The number of likely N-dealkylation sites (N-methyl/N-ethyl adjacent to an activating group) is 1. The summed E-state index contributed by atoms with van der Waals surface area (Å²) in [5.74, 6) is -0.890. The van der Waals surface area contributed by atoms with Crippen molar-refractivity contribution in [2.24, 2.45) is 0 Å². The van der Waals surface area contributed by atoms with Gasteiger partial charge in [-0.25, -0.2) is 0 Å². The third-order valence-electron chi connectivity index (χ3n) is 12.0. The molecule has 10 heteroatoms. The smallest absolute Gasteiger partial charge is 0.306 e. The van der Waals surface area contributed by atoms with Gasteiger partial charge in [0.15, 0.2) is 6.10 Å². The Balaban J connectivity index is 4.29. The molecule has 0 N–H and O–H groups in total. The van der Waals surface area contributed by atoms with Crippen LogP contribution in [-0.2, 0) is 32.7 Å². The molecule has 0 aliphatic carbocycles. The fourth-order valence-electron chi connectivity index (χ4n) is 7.46. The second-order valence-corrected chi connectivity index (χ2v) is 22.0. The van der Waals surface area contributed by atoms with Gasteiger partial charge in [0, 0.05) is 12.8 Å². The standard InChI is InChI=1S/C68H110NO8P/c1-6-8-10-12-14-16-18-20-22-24-26-28-30-31-32-33-34-35-36-37-39-41-43-45-47-49-51-53-55-57-59-61-68(71)77-66(65-76-78(72,73)75-63-62-69(3,4)5)64-74-67(70)60-58-56-54-52-50-48-46-44-42-40-38-29-27-25-23-21-19-17-15-13-11-9-7-2/h8-11,14-17,20-23,26-29,31-32,34-35,37,39,43,45,49,51,66H,6-7,12-13,18-19,24-25,30,33,36,38,40-42,44,46-48,50,52-65H2,1-5H3/b10-8-,11-9-,16-14-,17-15-,22-20-,23-21-,28-26-,29-27-,32-31-,35-34-,39-37-,45-43-,51-49-. The number of phosphoric acid groups is 1. The van der Waals surface area contributed by atoms with Crippen molar-refractivity contribution in [1.29, 1.82) is 0 Å². The maximum Gasteiger partial charge on any atom is 0.306 e. The first-order valence-electron chi connectivity index (χ1n) is 30.2. The van der Waals surface area contributed by atoms with E-state index in [0.717, 1.165) is 128 Å². The summed E-state index contributed by atoms with van der Waals surface area (Å²) in [6.45, 7) is 3.94. The minimum Gasteiger partial charge on any atom is -0.756 e. The SMILES string of the molecule is CC/C=C\C/C=C\C/C=C\C/C=C\C/C=C\C/C=C\C/C=C\C/C=C\C/C=C\CCCCCC(=O)OC(COC(=O)CCCCCCCCCCCC/C=C\C/C=C\C/C=C\C/C=C\CC)COP(=O)([O-])OCC[N+](C)(C)C. The second-order valence-electron chi connectivity index (χ2n) is 20.6. The molecule has 0 radical (unpaired) electrons. The quantitative estimate of drug-likeness (QED) is 0.0195. The molecule has 9 nitrogen and oxygen atoms in total. The van der Waals surface area contributed by atoms with Crippen LogP contribution in [0.5, 0.6) is 0 Å². The van der Waals surface area contributed by atoms with E-state index in [0.29, 0.717) is 23.9 Å². The van der Waals surface area contributed by atoms with Crippen LogP contribution in [0.2, 0.25) is 0 Å². The maximum absolute atomic E-state index is 12.8. The molecule has 440 valence electrons. The summed E-state index contributed by atoms with van der Waals surface area (Å²) < 4.78 is 34.1. The summed E-state index contributed by atoms with van der Waals surface area (Å²) in [7, 11) is 1.11. The summed E-state index contributed by atoms with van der Waals surface area (Å²) in [6.07, 6.45) is 85.7. The molecule has 0 heterocycles. The van der Waals surface area contributed by atoms with Crippen molar-refractivity contribution in [3.05, 3.63) is 158 Å². The predicted molar refractivity (Wildman–Crippen MR) is 332 cm³/mol. The molecule has 0 rings (SSSR count). The number of carbonyl (C=O) groups is 2. The lowest BCUT2D eigenvalue weighted by Gasteiger charge is -2.28. The van der Waals surface area contributed by atoms with Crippen LogP contribution >= 0.6 is 7.82 Å². The van der Waals surface area contributed by atoms with E-state index in [1.54, 1.807) is 0 Å². The molecule has 0 saturated carbocycles. The number of carbonyl (C=O) groups excluding carboxylic acids is 2. The van der Waals surface area contributed by atoms with Gasteiger partial charge in [-0.1, -0.05) is 230 Å². The van der Waals surface area contributed by atoms with Gasteiger partial charge in [0.1, 0.15) is 19.8 Å². The molecule has 0 saturated heterocycles. The van der Waals surface area contributed by atoms with Gasteiger partial charge in [-0.2, -0.15) is 0 Å². The number of quaternary nitrogens is 1. The average Bonchev–Trinajstić information content (AvgIpc) is 3.40. The number of allylic oxidation sites excluding steroid dienone is 26. The van der Waals surface area contributed by atoms with Crippen LogP contribution in [0.25, 0.3) is 0 Å². The lowest BCUT2D eigenvalue weighted by atomic mass is 10.1. The molecule has 2 unspecified atom stereocenters. The highest BCUT2D eigenvalue weighted by atomic mass is 31.2. The first-order valence-corrected chi connectivity index (χ1v) is 31.7. The summed E-state index contributed by atoms with van der Waals surface area (Å²) >= 11 is 0. The van der Waals surface area contributed by atoms with Gasteiger partial charge in [-0.3, -0.25) is 14.2 Å². The van der Waals surface area contributed by atoms with E-state index in [1.807, 2.05) is 21.1 Å². The minimum atomic E-state index is -4.66. The summed E-state index contributed by atoms with van der Waals surface area (Å²) in [5.41, 5.74) is 0. The second kappa shape index (κ2) is 57.3. The highest BCUT2D eigenvalue weighted by Gasteiger charge is 2.21. The van der Waals surface area contributed by atoms with Crippen molar-refractivity contribution in [2.75, 3.05) is 47.5 Å². The summed E-state index contributed by atoms with van der Waals surface area (Å²) in [4.78, 5) is 37.9. The zero-order chi connectivity index (χ0) is 57.0. The lowest BCUT2D eigenvalue weighted by Crippen LogP contribution is -2.37. The van der Waals surface area contributed by atoms with Gasteiger partial charge in [-0.05, 0) is 122 Å². The Morgan fingerprint density at radius 1 is 0.397 bits per heavy atom. The Labute approximate surface area is 477 Å². The molecule has 0 aromatic rings. The Kier molecular flexibility index (Phi) is 54.1. The normalized spacial score (nSPS) is 14.4. The largest absolute Gasteiger partial charge is 0.756 e. The van der Waals surface area contributed by atoms with Gasteiger partial charge >= 0.3 is 11.9 Å². The molecule has 2 atom stereocenters. The zero-order valence-electron chi connectivity index (χ0n) is 49.8. The van der Waals surface area contributed by atoms with Crippen LogP contribution in [0.4, 0.5) is 0 Å². The highest BCUT2D eigenvalue weighted by molar-refractivity contribution is 7.45. The summed E-state index contributed by atoms with van der Waals surface area (Å²) in [5, 5.41) is 0. The number of nitrogens with zero attached hydrogens (tertiary/aromatic N) is 1. The zero-order valence-corrected chi connectivity index (χ0v) is 50.7. The monoisotopic (exact) mass is 1100 g/mol. The summed E-state index contributed by atoms with van der Waals surface area (Å²) in [6, 6.07) is 0. The maximum atomic E-state index is 12.8. The van der Waals surface area contributed by atoms with Crippen molar-refractivity contribution < 1.29 is 42.1 Å². The number of ether oxygens (including phenoxy) is 2. The number of rotatable bonds is 53. The van der Waals surface area contributed by atoms with Gasteiger partial charge in [0.2, 0.25) is 0 Å². The van der Waals surface area contributed by atoms with E-state index < -0.39 is 32.5 Å². The number of phosphoric ester groups is 1. The molecule has 0 spiro atoms. The first kappa shape index (κ1) is 73.6. The molecule has 0 bridgehead atoms. The van der Waals surface area contributed by atoms with Crippen molar-refractivity contribution in [2.45, 2.75) is 213 Å². The average molecular weight is 1100 g/mol. The first-order chi connectivity index (χ1) is 38.0. The fraction of sp³-hybridized carbons (Fsp3) is 0.588. The molecule has 78 heavy (non-hydrogen) atoms. The molecule has 0 fully saturated rings. The van der Waals surface area contributed by atoms with Gasteiger partial charge in [-0.15, -0.1) is 0 Å². The molecule has 0 aromatic heterocycles. The van der Waals surface area contributed by atoms with Crippen molar-refractivity contribution in [3.63, 3.8) is 0 Å². The number of esters is 2. The third kappa shape index (κ3) is 60.9. The molecule has 0 aliphatic rings. The van der Waals surface area contributed by atoms with E-state index in [2.05, 4.69) is 172 Å². The van der Waals surface area contributed by atoms with Crippen molar-refractivity contribution in [1.82, 2.24) is 0 Å². The van der Waals surface area contributed by atoms with Gasteiger partial charge < -0.3 is 27.9 Å². The van der Waals surface area contributed by atoms with Crippen LogP contribution in [0, 0.1) is 0 Å².